The van der Waals surface area contributed by atoms with Gasteiger partial charge in [-0.3, -0.25) is 4.98 Å². The molecule has 0 saturated carbocycles. The number of hydrogen-bond donors (Lipinski definition) is 2. The molecule has 0 spiro atoms. The molecule has 4 aromatic rings. The number of rotatable bonds is 5. The topological polar surface area (TPSA) is 72.0 Å². The first kappa shape index (κ1) is 15.8. The minimum atomic E-state index is 0.508. The van der Waals surface area contributed by atoms with Crippen LogP contribution in [0.15, 0.2) is 73.1 Å². The Balaban J connectivity index is 1.52. The predicted octanol–water partition coefficient (Wildman–Crippen LogP) is 4.52. The van der Waals surface area contributed by atoms with Crippen LogP contribution < -0.4 is 15.4 Å². The molecule has 6 nitrogen and oxygen atoms in total. The summed E-state index contributed by atoms with van der Waals surface area (Å²) in [5.74, 6) is 2.00. The molecule has 2 aromatic heterocycles. The number of nitrogens with zero attached hydrogens (tertiary/aromatic N) is 3. The van der Waals surface area contributed by atoms with E-state index in [2.05, 4.69) is 25.6 Å². The van der Waals surface area contributed by atoms with Crippen LogP contribution in [0.4, 0.5) is 23.1 Å². The normalized spacial score (nSPS) is 10.5. The summed E-state index contributed by atoms with van der Waals surface area (Å²) in [6.07, 6.45) is 3.50. The second kappa shape index (κ2) is 7.06. The first-order valence-corrected chi connectivity index (χ1v) is 8.16. The van der Waals surface area contributed by atoms with Crippen LogP contribution in [0, 0.1) is 0 Å². The molecule has 0 aliphatic heterocycles. The quantitative estimate of drug-likeness (QED) is 0.555. The molecule has 0 aliphatic carbocycles. The lowest BCUT2D eigenvalue weighted by molar-refractivity contribution is 0.415. The minimum Gasteiger partial charge on any atom is -0.497 e. The maximum absolute atomic E-state index is 5.16. The summed E-state index contributed by atoms with van der Waals surface area (Å²) in [5, 5.41) is 7.52. The standard InChI is InChI=1S/C20H17N5O/c1-26-17-8-6-15(7-9-17)24-20-21-11-10-19(25-20)23-16-12-14-4-2-3-5-18(14)22-13-16/h2-13H,1H3,(H2,21,23,24,25). The zero-order valence-electron chi connectivity index (χ0n) is 14.2. The van der Waals surface area contributed by atoms with E-state index in [0.717, 1.165) is 28.0 Å². The molecule has 0 unspecified atom stereocenters. The van der Waals surface area contributed by atoms with Gasteiger partial charge in [0.2, 0.25) is 5.95 Å². The van der Waals surface area contributed by atoms with Crippen LogP contribution in [0.2, 0.25) is 0 Å². The lowest BCUT2D eigenvalue weighted by atomic mass is 10.2. The van der Waals surface area contributed by atoms with Crippen molar-refractivity contribution in [3.8, 4) is 5.75 Å². The first-order chi connectivity index (χ1) is 12.8. The number of pyridine rings is 1. The molecule has 0 amide bonds. The fraction of sp³-hybridized carbons (Fsp3) is 0.0500. The van der Waals surface area contributed by atoms with Gasteiger partial charge in [0.25, 0.3) is 0 Å². The van der Waals surface area contributed by atoms with E-state index in [1.165, 1.54) is 0 Å². The summed E-state index contributed by atoms with van der Waals surface area (Å²) < 4.78 is 5.16. The number of aromatic nitrogens is 3. The second-order valence-corrected chi connectivity index (χ2v) is 5.66. The SMILES string of the molecule is COc1ccc(Nc2nccc(Nc3cnc4ccccc4c3)n2)cc1. The molecular weight excluding hydrogens is 326 g/mol. The molecule has 128 valence electrons. The van der Waals surface area contributed by atoms with Gasteiger partial charge in [-0.2, -0.15) is 4.98 Å². The van der Waals surface area contributed by atoms with E-state index in [4.69, 9.17) is 4.74 Å². The van der Waals surface area contributed by atoms with Crippen LogP contribution in [0.25, 0.3) is 10.9 Å². The fourth-order valence-electron chi connectivity index (χ4n) is 2.58. The van der Waals surface area contributed by atoms with E-state index in [1.54, 1.807) is 19.5 Å². The van der Waals surface area contributed by atoms with Crippen LogP contribution in [0.3, 0.4) is 0 Å². The molecule has 2 heterocycles. The van der Waals surface area contributed by atoms with Crippen molar-refractivity contribution < 1.29 is 4.74 Å². The van der Waals surface area contributed by atoms with Gasteiger partial charge in [-0.05, 0) is 42.5 Å². The number of hydrogen-bond acceptors (Lipinski definition) is 6. The van der Waals surface area contributed by atoms with Gasteiger partial charge >= 0.3 is 0 Å². The van der Waals surface area contributed by atoms with Crippen molar-refractivity contribution in [1.29, 1.82) is 0 Å². The highest BCUT2D eigenvalue weighted by Crippen LogP contribution is 2.21. The third-order valence-electron chi connectivity index (χ3n) is 3.86. The van der Waals surface area contributed by atoms with E-state index in [9.17, 15) is 0 Å². The highest BCUT2D eigenvalue weighted by Gasteiger charge is 2.03. The van der Waals surface area contributed by atoms with Crippen molar-refractivity contribution in [1.82, 2.24) is 15.0 Å². The Morgan fingerprint density at radius 1 is 0.846 bits per heavy atom. The molecule has 0 aliphatic rings. The molecule has 0 saturated heterocycles. The van der Waals surface area contributed by atoms with Crippen molar-refractivity contribution in [3.63, 3.8) is 0 Å². The van der Waals surface area contributed by atoms with Crippen LogP contribution in [0.5, 0.6) is 5.75 Å². The van der Waals surface area contributed by atoms with E-state index in [-0.39, 0.29) is 0 Å². The zero-order valence-corrected chi connectivity index (χ0v) is 14.2. The minimum absolute atomic E-state index is 0.508. The fourth-order valence-corrected chi connectivity index (χ4v) is 2.58. The highest BCUT2D eigenvalue weighted by molar-refractivity contribution is 5.82. The molecule has 0 bridgehead atoms. The predicted molar refractivity (Wildman–Crippen MR) is 103 cm³/mol. The van der Waals surface area contributed by atoms with Crippen LogP contribution in [-0.2, 0) is 0 Å². The summed E-state index contributed by atoms with van der Waals surface area (Å²) in [5.41, 5.74) is 2.72. The summed E-state index contributed by atoms with van der Waals surface area (Å²) in [6, 6.07) is 19.4. The van der Waals surface area contributed by atoms with E-state index >= 15 is 0 Å². The van der Waals surface area contributed by atoms with Gasteiger partial charge in [0, 0.05) is 17.3 Å². The third kappa shape index (κ3) is 3.54. The summed E-state index contributed by atoms with van der Waals surface area (Å²) in [7, 11) is 1.64. The zero-order chi connectivity index (χ0) is 17.8. The van der Waals surface area contributed by atoms with Crippen LogP contribution in [-0.4, -0.2) is 22.1 Å². The van der Waals surface area contributed by atoms with Gasteiger partial charge in [-0.25, -0.2) is 4.98 Å². The molecule has 26 heavy (non-hydrogen) atoms. The Morgan fingerprint density at radius 2 is 1.69 bits per heavy atom. The van der Waals surface area contributed by atoms with Crippen LogP contribution in [0.1, 0.15) is 0 Å². The maximum atomic E-state index is 5.16. The average Bonchev–Trinajstić information content (AvgIpc) is 2.69. The second-order valence-electron chi connectivity index (χ2n) is 5.66. The molecule has 2 aromatic carbocycles. The molecule has 4 rings (SSSR count). The van der Waals surface area contributed by atoms with Crippen molar-refractivity contribution in [2.45, 2.75) is 0 Å². The van der Waals surface area contributed by atoms with E-state index in [1.807, 2.05) is 60.7 Å². The summed E-state index contributed by atoms with van der Waals surface area (Å²) >= 11 is 0. The highest BCUT2D eigenvalue weighted by atomic mass is 16.5. The number of para-hydroxylation sites is 1. The van der Waals surface area contributed by atoms with Crippen molar-refractivity contribution in [2.75, 3.05) is 17.7 Å². The molecule has 2 N–H and O–H groups in total. The van der Waals surface area contributed by atoms with Gasteiger partial charge in [0.15, 0.2) is 0 Å². The molecule has 0 radical (unpaired) electrons. The molecule has 6 heteroatoms. The van der Waals surface area contributed by atoms with Crippen molar-refractivity contribution in [3.05, 3.63) is 73.1 Å². The lowest BCUT2D eigenvalue weighted by Gasteiger charge is -2.09. The number of ether oxygens (including phenoxy) is 1. The summed E-state index contributed by atoms with van der Waals surface area (Å²) in [6.45, 7) is 0. The van der Waals surface area contributed by atoms with Gasteiger partial charge in [-0.15, -0.1) is 0 Å². The number of methoxy groups -OCH3 is 1. The molecule has 0 atom stereocenters. The average molecular weight is 343 g/mol. The smallest absolute Gasteiger partial charge is 0.229 e. The van der Waals surface area contributed by atoms with Crippen molar-refractivity contribution >= 4 is 34.0 Å². The number of benzene rings is 2. The molecule has 0 fully saturated rings. The first-order valence-electron chi connectivity index (χ1n) is 8.16. The lowest BCUT2D eigenvalue weighted by Crippen LogP contribution is -2.00. The maximum Gasteiger partial charge on any atom is 0.229 e. The van der Waals surface area contributed by atoms with Crippen LogP contribution >= 0.6 is 0 Å². The number of nitrogens with one attached hydrogen (secondary N) is 2. The van der Waals surface area contributed by atoms with E-state index in [0.29, 0.717) is 11.8 Å². The number of fused-ring (bicyclic) bond motifs is 1. The molecular formula is C20H17N5O. The Bertz CT molecular complexity index is 1030. The Kier molecular flexibility index (Phi) is 4.30. The third-order valence-corrected chi connectivity index (χ3v) is 3.86. The Morgan fingerprint density at radius 3 is 2.54 bits per heavy atom. The van der Waals surface area contributed by atoms with Gasteiger partial charge in [0.1, 0.15) is 11.6 Å². The van der Waals surface area contributed by atoms with E-state index < -0.39 is 0 Å². The Labute approximate surface area is 150 Å². The monoisotopic (exact) mass is 343 g/mol. The summed E-state index contributed by atoms with van der Waals surface area (Å²) in [4.78, 5) is 13.2. The van der Waals surface area contributed by atoms with Gasteiger partial charge in [-0.1, -0.05) is 18.2 Å². The van der Waals surface area contributed by atoms with Gasteiger partial charge in [0.05, 0.1) is 24.5 Å². The van der Waals surface area contributed by atoms with Gasteiger partial charge < -0.3 is 15.4 Å². The Hall–Kier alpha value is -3.67. The van der Waals surface area contributed by atoms with Crippen molar-refractivity contribution in [2.24, 2.45) is 0 Å². The largest absolute Gasteiger partial charge is 0.497 e. The number of anilines is 4.